The number of hydrogen-bond acceptors (Lipinski definition) is 5. The lowest BCUT2D eigenvalue weighted by Gasteiger charge is -2.32. The number of aromatic amines is 1. The van der Waals surface area contributed by atoms with Gasteiger partial charge in [0.15, 0.2) is 5.82 Å². The van der Waals surface area contributed by atoms with Crippen LogP contribution in [0.1, 0.15) is 72.8 Å². The van der Waals surface area contributed by atoms with E-state index in [1.807, 2.05) is 22.9 Å². The third-order valence-corrected chi connectivity index (χ3v) is 8.20. The Hall–Kier alpha value is -4.10. The van der Waals surface area contributed by atoms with Gasteiger partial charge in [0.05, 0.1) is 6.04 Å². The van der Waals surface area contributed by atoms with E-state index in [-0.39, 0.29) is 11.6 Å². The molecule has 1 aliphatic rings. The van der Waals surface area contributed by atoms with Gasteiger partial charge in [-0.05, 0) is 76.4 Å². The lowest BCUT2D eigenvalue weighted by molar-refractivity contribution is 0.201. The number of benzene rings is 3. The lowest BCUT2D eigenvalue weighted by atomic mass is 10.00. The molecule has 1 atom stereocenters. The van der Waals surface area contributed by atoms with Gasteiger partial charge in [-0.25, -0.2) is 4.68 Å². The van der Waals surface area contributed by atoms with Gasteiger partial charge in [0.25, 0.3) is 5.56 Å². The van der Waals surface area contributed by atoms with Gasteiger partial charge in [0.2, 0.25) is 0 Å². The number of aromatic nitrogens is 5. The highest BCUT2D eigenvalue weighted by Gasteiger charge is 2.33. The molecular weight excluding hydrogens is 496 g/mol. The van der Waals surface area contributed by atoms with Crippen LogP contribution < -0.4 is 5.56 Å². The monoisotopic (exact) mass is 532 g/mol. The minimum atomic E-state index is -0.405. The van der Waals surface area contributed by atoms with Gasteiger partial charge in [-0.15, -0.1) is 5.10 Å². The Kier molecular flexibility index (Phi) is 7.82. The molecule has 40 heavy (non-hydrogen) atoms. The summed E-state index contributed by atoms with van der Waals surface area (Å²) in [5.74, 6) is 0.743. The fourth-order valence-electron chi connectivity index (χ4n) is 6.02. The van der Waals surface area contributed by atoms with Crippen LogP contribution in [0, 0.1) is 0 Å². The summed E-state index contributed by atoms with van der Waals surface area (Å²) in [5.41, 5.74) is 5.11. The quantitative estimate of drug-likeness (QED) is 0.238. The number of nitrogens with zero attached hydrogens (tertiary/aromatic N) is 5. The van der Waals surface area contributed by atoms with Crippen LogP contribution in [-0.4, -0.2) is 36.6 Å². The van der Waals surface area contributed by atoms with Crippen molar-refractivity contribution in [2.45, 2.75) is 64.1 Å². The summed E-state index contributed by atoms with van der Waals surface area (Å²) >= 11 is 0. The Balaban J connectivity index is 1.50. The number of H-pyrrole nitrogens is 1. The van der Waals surface area contributed by atoms with E-state index in [0.717, 1.165) is 49.0 Å². The number of aryl methyl sites for hydroxylation is 1. The second-order valence-corrected chi connectivity index (χ2v) is 10.8. The second kappa shape index (κ2) is 12.0. The molecule has 0 spiro atoms. The fourth-order valence-corrected chi connectivity index (χ4v) is 6.02. The standard InChI is InChI=1S/C33H36N6O/c1-2-24-17-18-30-27(21-24)22-29(33(40)34-30)31(32-35-36-37-39(32)28-15-9-10-16-28)38(23-26-13-7-4-8-14-26)20-19-25-11-5-3-6-12-25/h3-8,11-14,17-18,21-22,28,31H,2,9-10,15-16,19-20,23H2,1H3,(H,34,40). The van der Waals surface area contributed by atoms with Crippen LogP contribution in [0.3, 0.4) is 0 Å². The average molecular weight is 533 g/mol. The highest BCUT2D eigenvalue weighted by molar-refractivity contribution is 5.80. The van der Waals surface area contributed by atoms with Gasteiger partial charge < -0.3 is 4.98 Å². The van der Waals surface area contributed by atoms with Crippen molar-refractivity contribution in [3.8, 4) is 0 Å². The minimum Gasteiger partial charge on any atom is -0.322 e. The summed E-state index contributed by atoms with van der Waals surface area (Å²) in [5, 5.41) is 14.3. The summed E-state index contributed by atoms with van der Waals surface area (Å²) in [6.45, 7) is 3.56. The molecule has 5 aromatic rings. The maximum atomic E-state index is 13.8. The third-order valence-electron chi connectivity index (χ3n) is 8.20. The number of hydrogen-bond donors (Lipinski definition) is 1. The first-order valence-corrected chi connectivity index (χ1v) is 14.4. The molecule has 1 fully saturated rings. The Labute approximate surface area is 234 Å². The Morgan fingerprint density at radius 2 is 1.65 bits per heavy atom. The highest BCUT2D eigenvalue weighted by Crippen LogP contribution is 2.34. The van der Waals surface area contributed by atoms with E-state index < -0.39 is 6.04 Å². The van der Waals surface area contributed by atoms with Crippen molar-refractivity contribution in [1.29, 1.82) is 0 Å². The number of rotatable bonds is 10. The van der Waals surface area contributed by atoms with Crippen LogP contribution in [0.25, 0.3) is 10.9 Å². The molecule has 1 N–H and O–H groups in total. The molecule has 1 saturated carbocycles. The van der Waals surface area contributed by atoms with Crippen molar-refractivity contribution in [3.63, 3.8) is 0 Å². The SMILES string of the molecule is CCc1ccc2[nH]c(=O)c(C(c3nnnn3C3CCCC3)N(CCc3ccccc3)Cc3ccccc3)cc2c1. The van der Waals surface area contributed by atoms with Crippen LogP contribution in [0.15, 0.2) is 89.7 Å². The van der Waals surface area contributed by atoms with Gasteiger partial charge in [0, 0.05) is 24.2 Å². The maximum Gasteiger partial charge on any atom is 0.253 e. The molecule has 2 aromatic heterocycles. The van der Waals surface area contributed by atoms with E-state index in [4.69, 9.17) is 0 Å². The number of fused-ring (bicyclic) bond motifs is 1. The average Bonchev–Trinajstić information content (AvgIpc) is 3.70. The zero-order chi connectivity index (χ0) is 27.3. The first-order chi connectivity index (χ1) is 19.7. The first kappa shape index (κ1) is 26.1. The molecule has 204 valence electrons. The zero-order valence-electron chi connectivity index (χ0n) is 23.0. The van der Waals surface area contributed by atoms with Crippen LogP contribution in [-0.2, 0) is 19.4 Å². The van der Waals surface area contributed by atoms with Gasteiger partial charge in [-0.3, -0.25) is 9.69 Å². The molecule has 2 heterocycles. The summed E-state index contributed by atoms with van der Waals surface area (Å²) < 4.78 is 2.00. The second-order valence-electron chi connectivity index (χ2n) is 10.8. The van der Waals surface area contributed by atoms with Crippen molar-refractivity contribution >= 4 is 10.9 Å². The molecule has 1 aliphatic carbocycles. The summed E-state index contributed by atoms with van der Waals surface area (Å²) in [6.07, 6.45) is 6.24. The molecule has 7 heteroatoms. The van der Waals surface area contributed by atoms with Crippen LogP contribution in [0.4, 0.5) is 0 Å². The van der Waals surface area contributed by atoms with E-state index in [0.29, 0.717) is 12.1 Å². The van der Waals surface area contributed by atoms with Crippen molar-refractivity contribution in [1.82, 2.24) is 30.1 Å². The zero-order valence-corrected chi connectivity index (χ0v) is 23.0. The van der Waals surface area contributed by atoms with Gasteiger partial charge >= 0.3 is 0 Å². The molecular formula is C33H36N6O. The van der Waals surface area contributed by atoms with Crippen LogP contribution in [0.5, 0.6) is 0 Å². The van der Waals surface area contributed by atoms with Crippen LogP contribution in [0.2, 0.25) is 0 Å². The molecule has 6 rings (SSSR count). The van der Waals surface area contributed by atoms with Crippen molar-refractivity contribution in [2.24, 2.45) is 0 Å². The normalized spacial score (nSPS) is 14.8. The number of nitrogens with one attached hydrogen (secondary N) is 1. The van der Waals surface area contributed by atoms with E-state index >= 15 is 0 Å². The highest BCUT2D eigenvalue weighted by atomic mass is 16.1. The Morgan fingerprint density at radius 3 is 2.38 bits per heavy atom. The smallest absolute Gasteiger partial charge is 0.253 e. The first-order valence-electron chi connectivity index (χ1n) is 14.4. The third kappa shape index (κ3) is 5.61. The largest absolute Gasteiger partial charge is 0.322 e. The maximum absolute atomic E-state index is 13.8. The molecule has 3 aromatic carbocycles. The van der Waals surface area contributed by atoms with Crippen molar-refractivity contribution < 1.29 is 0 Å². The van der Waals surface area contributed by atoms with Gasteiger partial charge in [-0.2, -0.15) is 0 Å². The minimum absolute atomic E-state index is 0.0968. The number of tetrazole rings is 1. The predicted molar refractivity (Wildman–Crippen MR) is 158 cm³/mol. The summed E-state index contributed by atoms with van der Waals surface area (Å²) in [4.78, 5) is 19.4. The summed E-state index contributed by atoms with van der Waals surface area (Å²) in [7, 11) is 0. The van der Waals surface area contributed by atoms with Gasteiger partial charge in [0.1, 0.15) is 6.04 Å². The fraction of sp³-hybridized carbons (Fsp3) is 0.333. The molecule has 1 unspecified atom stereocenters. The summed E-state index contributed by atoms with van der Waals surface area (Å²) in [6, 6.07) is 29.2. The van der Waals surface area contributed by atoms with E-state index in [2.05, 4.69) is 99.1 Å². The van der Waals surface area contributed by atoms with E-state index in [9.17, 15) is 4.79 Å². The Morgan fingerprint density at radius 1 is 0.925 bits per heavy atom. The molecule has 0 bridgehead atoms. The van der Waals surface area contributed by atoms with Crippen molar-refractivity contribution in [2.75, 3.05) is 6.54 Å². The van der Waals surface area contributed by atoms with Crippen molar-refractivity contribution in [3.05, 3.63) is 123 Å². The van der Waals surface area contributed by atoms with E-state index in [1.54, 1.807) is 0 Å². The molecule has 7 nitrogen and oxygen atoms in total. The van der Waals surface area contributed by atoms with Gasteiger partial charge in [-0.1, -0.05) is 86.5 Å². The Bertz CT molecular complexity index is 1600. The molecule has 0 amide bonds. The topological polar surface area (TPSA) is 79.7 Å². The molecule has 0 radical (unpaired) electrons. The molecule has 0 aliphatic heterocycles. The van der Waals surface area contributed by atoms with Crippen LogP contribution >= 0.6 is 0 Å². The van der Waals surface area contributed by atoms with E-state index in [1.165, 1.54) is 29.5 Å². The molecule has 0 saturated heterocycles. The lowest BCUT2D eigenvalue weighted by Crippen LogP contribution is -2.36. The number of pyridine rings is 1. The predicted octanol–water partition coefficient (Wildman–Crippen LogP) is 6.03.